The van der Waals surface area contributed by atoms with Crippen LogP contribution in [0, 0.1) is 0 Å². The molecule has 1 unspecified atom stereocenters. The number of benzene rings is 2. The summed E-state index contributed by atoms with van der Waals surface area (Å²) in [5.41, 5.74) is 0.337. The Bertz CT molecular complexity index is 498. The van der Waals surface area contributed by atoms with Gasteiger partial charge in [-0.15, -0.1) is 0 Å². The Morgan fingerprint density at radius 1 is 1.12 bits per heavy atom. The van der Waals surface area contributed by atoms with E-state index in [1.165, 1.54) is 10.8 Å². The van der Waals surface area contributed by atoms with Crippen LogP contribution >= 0.6 is 0 Å². The molecule has 0 bridgehead atoms. The first-order chi connectivity index (χ1) is 8.12. The average Bonchev–Trinajstić information content (AvgIpc) is 2.29. The van der Waals surface area contributed by atoms with Crippen LogP contribution in [-0.4, -0.2) is 24.4 Å². The maximum absolute atomic E-state index is 10.2. The first-order valence-electron chi connectivity index (χ1n) is 5.80. The summed E-state index contributed by atoms with van der Waals surface area (Å²) < 4.78 is 5.04. The highest BCUT2D eigenvalue weighted by atomic mass is 16.5. The van der Waals surface area contributed by atoms with Gasteiger partial charge in [0.25, 0.3) is 0 Å². The van der Waals surface area contributed by atoms with Crippen LogP contribution in [0.3, 0.4) is 0 Å². The highest BCUT2D eigenvalue weighted by Gasteiger charge is 2.21. The molecular formula is C15H18O2. The van der Waals surface area contributed by atoms with E-state index in [-0.39, 0.29) is 0 Å². The quantitative estimate of drug-likeness (QED) is 0.875. The van der Waals surface area contributed by atoms with Gasteiger partial charge >= 0.3 is 0 Å². The molecule has 1 N–H and O–H groups in total. The predicted octanol–water partition coefficient (Wildman–Crippen LogP) is 2.78. The first-order valence-corrected chi connectivity index (χ1v) is 5.80. The van der Waals surface area contributed by atoms with Gasteiger partial charge in [0.05, 0.1) is 12.2 Å². The van der Waals surface area contributed by atoms with Crippen molar-refractivity contribution in [2.75, 3.05) is 13.7 Å². The normalized spacial score (nSPS) is 14.8. The summed E-state index contributed by atoms with van der Waals surface area (Å²) in [6, 6.07) is 14.4. The van der Waals surface area contributed by atoms with Crippen molar-refractivity contribution in [1.29, 1.82) is 0 Å². The summed E-state index contributed by atoms with van der Waals surface area (Å²) in [7, 11) is 1.61. The molecule has 90 valence electrons. The first kappa shape index (κ1) is 12.1. The molecule has 17 heavy (non-hydrogen) atoms. The van der Waals surface area contributed by atoms with Gasteiger partial charge in [-0.3, -0.25) is 0 Å². The lowest BCUT2D eigenvalue weighted by Gasteiger charge is -2.23. The summed E-state index contributed by atoms with van der Waals surface area (Å²) in [6.45, 7) is 2.15. The van der Waals surface area contributed by atoms with Crippen LogP contribution in [-0.2, 0) is 11.2 Å². The van der Waals surface area contributed by atoms with Crippen LogP contribution < -0.4 is 0 Å². The van der Waals surface area contributed by atoms with Crippen LogP contribution in [0.1, 0.15) is 12.5 Å². The molecule has 0 heterocycles. The molecule has 0 aliphatic carbocycles. The van der Waals surface area contributed by atoms with E-state index >= 15 is 0 Å². The smallest absolute Gasteiger partial charge is 0.0892 e. The fraction of sp³-hybridized carbons (Fsp3) is 0.333. The average molecular weight is 230 g/mol. The van der Waals surface area contributed by atoms with E-state index in [0.29, 0.717) is 13.0 Å². The molecular weight excluding hydrogens is 212 g/mol. The molecule has 0 amide bonds. The zero-order chi connectivity index (χ0) is 12.3. The number of aliphatic hydroxyl groups is 1. The van der Waals surface area contributed by atoms with Crippen molar-refractivity contribution >= 4 is 10.8 Å². The number of hydrogen-bond donors (Lipinski definition) is 1. The van der Waals surface area contributed by atoms with Crippen molar-refractivity contribution in [1.82, 2.24) is 0 Å². The maximum Gasteiger partial charge on any atom is 0.0892 e. The van der Waals surface area contributed by atoms with Crippen LogP contribution in [0.5, 0.6) is 0 Å². The van der Waals surface area contributed by atoms with Crippen LogP contribution in [0.2, 0.25) is 0 Å². The molecule has 0 aromatic heterocycles. The van der Waals surface area contributed by atoms with E-state index in [4.69, 9.17) is 4.74 Å². The summed E-state index contributed by atoms with van der Waals surface area (Å²) in [5.74, 6) is 0. The number of fused-ring (bicyclic) bond motifs is 1. The monoisotopic (exact) mass is 230 g/mol. The van der Waals surface area contributed by atoms with Gasteiger partial charge in [-0.2, -0.15) is 0 Å². The Morgan fingerprint density at radius 3 is 2.59 bits per heavy atom. The Balaban J connectivity index is 2.36. The van der Waals surface area contributed by atoms with Crippen LogP contribution in [0.25, 0.3) is 10.8 Å². The zero-order valence-corrected chi connectivity index (χ0v) is 10.3. The number of hydrogen-bond acceptors (Lipinski definition) is 2. The SMILES string of the molecule is COCC(C)(O)Cc1cccc2ccccc12. The lowest BCUT2D eigenvalue weighted by molar-refractivity contribution is -0.0158. The minimum absolute atomic E-state index is 0.343. The fourth-order valence-corrected chi connectivity index (χ4v) is 2.22. The lowest BCUT2D eigenvalue weighted by Crippen LogP contribution is -2.32. The van der Waals surface area contributed by atoms with Gasteiger partial charge in [-0.05, 0) is 23.3 Å². The Morgan fingerprint density at radius 2 is 1.82 bits per heavy atom. The van der Waals surface area contributed by atoms with Crippen molar-refractivity contribution in [3.05, 3.63) is 48.0 Å². The van der Waals surface area contributed by atoms with Crippen molar-refractivity contribution in [2.45, 2.75) is 18.9 Å². The zero-order valence-electron chi connectivity index (χ0n) is 10.3. The highest BCUT2D eigenvalue weighted by Crippen LogP contribution is 2.22. The Labute approximate surface area is 102 Å². The minimum Gasteiger partial charge on any atom is -0.387 e. The van der Waals surface area contributed by atoms with Crippen LogP contribution in [0.15, 0.2) is 42.5 Å². The molecule has 2 heteroatoms. The third-order valence-corrected chi connectivity index (χ3v) is 2.91. The van der Waals surface area contributed by atoms with Gasteiger partial charge in [0.1, 0.15) is 0 Å². The standard InChI is InChI=1S/C15H18O2/c1-15(16,11-17-2)10-13-8-5-7-12-6-3-4-9-14(12)13/h3-9,16H,10-11H2,1-2H3. The molecule has 0 aliphatic rings. The molecule has 2 rings (SSSR count). The summed E-state index contributed by atoms with van der Waals surface area (Å²) in [5, 5.41) is 12.6. The van der Waals surface area contributed by atoms with Crippen LogP contribution in [0.4, 0.5) is 0 Å². The van der Waals surface area contributed by atoms with E-state index in [1.807, 2.05) is 18.2 Å². The molecule has 2 aromatic rings. The molecule has 0 saturated heterocycles. The summed E-state index contributed by atoms with van der Waals surface area (Å²) >= 11 is 0. The van der Waals surface area contributed by atoms with E-state index in [9.17, 15) is 5.11 Å². The van der Waals surface area contributed by atoms with Gasteiger partial charge in [0.15, 0.2) is 0 Å². The minimum atomic E-state index is -0.821. The topological polar surface area (TPSA) is 29.5 Å². The second-order valence-corrected chi connectivity index (χ2v) is 4.75. The van der Waals surface area contributed by atoms with Gasteiger partial charge in [0, 0.05) is 13.5 Å². The molecule has 2 aromatic carbocycles. The third kappa shape index (κ3) is 2.84. The largest absolute Gasteiger partial charge is 0.387 e. The highest BCUT2D eigenvalue weighted by molar-refractivity contribution is 5.85. The van der Waals surface area contributed by atoms with Gasteiger partial charge < -0.3 is 9.84 Å². The number of methoxy groups -OCH3 is 1. The molecule has 0 fully saturated rings. The van der Waals surface area contributed by atoms with Gasteiger partial charge in [-0.25, -0.2) is 0 Å². The summed E-state index contributed by atoms with van der Waals surface area (Å²) in [6.07, 6.45) is 0.599. The second kappa shape index (κ2) is 4.86. The number of ether oxygens (including phenoxy) is 1. The Hall–Kier alpha value is -1.38. The lowest BCUT2D eigenvalue weighted by atomic mass is 9.93. The molecule has 2 nitrogen and oxygen atoms in total. The molecule has 0 aliphatic heterocycles. The summed E-state index contributed by atoms with van der Waals surface area (Å²) in [4.78, 5) is 0. The Kier molecular flexibility index (Phi) is 3.46. The number of rotatable bonds is 4. The molecule has 0 radical (unpaired) electrons. The van der Waals surface area contributed by atoms with Gasteiger partial charge in [0.2, 0.25) is 0 Å². The third-order valence-electron chi connectivity index (χ3n) is 2.91. The predicted molar refractivity (Wildman–Crippen MR) is 70.2 cm³/mol. The maximum atomic E-state index is 10.2. The fourth-order valence-electron chi connectivity index (χ4n) is 2.22. The molecule has 0 spiro atoms. The van der Waals surface area contributed by atoms with Crippen molar-refractivity contribution in [2.24, 2.45) is 0 Å². The molecule has 0 saturated carbocycles. The van der Waals surface area contributed by atoms with E-state index in [2.05, 4.69) is 24.3 Å². The van der Waals surface area contributed by atoms with Crippen molar-refractivity contribution < 1.29 is 9.84 Å². The van der Waals surface area contributed by atoms with Gasteiger partial charge in [-0.1, -0.05) is 42.5 Å². The molecule has 1 atom stereocenters. The van der Waals surface area contributed by atoms with E-state index in [1.54, 1.807) is 14.0 Å². The van der Waals surface area contributed by atoms with Crippen molar-refractivity contribution in [3.63, 3.8) is 0 Å². The van der Waals surface area contributed by atoms with E-state index in [0.717, 1.165) is 5.56 Å². The van der Waals surface area contributed by atoms with Crippen molar-refractivity contribution in [3.8, 4) is 0 Å². The second-order valence-electron chi connectivity index (χ2n) is 4.75. The van der Waals surface area contributed by atoms with E-state index < -0.39 is 5.60 Å².